The van der Waals surface area contributed by atoms with Gasteiger partial charge in [-0.05, 0) is 54.8 Å². The molecule has 3 aromatic carbocycles. The van der Waals surface area contributed by atoms with Crippen LogP contribution in [-0.2, 0) is 22.6 Å². The largest absolute Gasteiger partial charge is 0.352 e. The molecule has 0 radical (unpaired) electrons. The van der Waals surface area contributed by atoms with Gasteiger partial charge in [0.25, 0.3) is 0 Å². The predicted molar refractivity (Wildman–Crippen MR) is 158 cm³/mol. The zero-order valence-electron chi connectivity index (χ0n) is 21.0. The molecular weight excluding hydrogens is 559 g/mol. The van der Waals surface area contributed by atoms with E-state index >= 15 is 0 Å². The number of hydrogen-bond donors (Lipinski definition) is 1. The Bertz CT molecular complexity index is 1200. The molecule has 1 fully saturated rings. The number of hydrogen-bond acceptors (Lipinski definition) is 3. The van der Waals surface area contributed by atoms with Crippen molar-refractivity contribution in [2.75, 3.05) is 5.75 Å². The summed E-state index contributed by atoms with van der Waals surface area (Å²) in [6.45, 7) is 0.151. The monoisotopic (exact) mass is 588 g/mol. The average Bonchev–Trinajstić information content (AvgIpc) is 3.42. The van der Waals surface area contributed by atoms with Crippen molar-refractivity contribution in [3.05, 3.63) is 99.0 Å². The Kier molecular flexibility index (Phi) is 10.8. The first-order chi connectivity index (χ1) is 18.4. The Labute approximate surface area is 244 Å². The highest BCUT2D eigenvalue weighted by molar-refractivity contribution is 7.99. The van der Waals surface area contributed by atoms with Crippen molar-refractivity contribution in [1.29, 1.82) is 0 Å². The minimum absolute atomic E-state index is 0.120. The minimum Gasteiger partial charge on any atom is -0.352 e. The molecule has 4 rings (SSSR count). The number of rotatable bonds is 11. The molecule has 200 valence electrons. The third kappa shape index (κ3) is 8.16. The van der Waals surface area contributed by atoms with Crippen LogP contribution in [0.5, 0.6) is 0 Å². The molecule has 8 heteroatoms. The van der Waals surface area contributed by atoms with Crippen molar-refractivity contribution in [3.63, 3.8) is 0 Å². The van der Waals surface area contributed by atoms with E-state index in [-0.39, 0.29) is 30.8 Å². The second-order valence-electron chi connectivity index (χ2n) is 9.47. The Balaban J connectivity index is 1.59. The number of thioether (sulfide) groups is 1. The van der Waals surface area contributed by atoms with E-state index in [4.69, 9.17) is 34.8 Å². The number of nitrogens with one attached hydrogen (secondary N) is 1. The van der Waals surface area contributed by atoms with E-state index in [1.54, 1.807) is 34.9 Å². The molecule has 38 heavy (non-hydrogen) atoms. The van der Waals surface area contributed by atoms with Gasteiger partial charge in [-0.3, -0.25) is 9.59 Å². The molecule has 1 aliphatic carbocycles. The summed E-state index contributed by atoms with van der Waals surface area (Å²) in [4.78, 5) is 30.3. The van der Waals surface area contributed by atoms with Gasteiger partial charge in [0.1, 0.15) is 6.04 Å². The summed E-state index contributed by atoms with van der Waals surface area (Å²) in [5, 5.41) is 4.84. The number of benzene rings is 3. The van der Waals surface area contributed by atoms with Crippen molar-refractivity contribution in [1.82, 2.24) is 10.2 Å². The van der Waals surface area contributed by atoms with Crippen LogP contribution < -0.4 is 5.32 Å². The number of halogens is 3. The van der Waals surface area contributed by atoms with Crippen LogP contribution in [0.1, 0.15) is 43.2 Å². The van der Waals surface area contributed by atoms with E-state index in [0.717, 1.165) is 36.1 Å². The third-order valence-electron chi connectivity index (χ3n) is 6.76. The molecule has 0 saturated heterocycles. The van der Waals surface area contributed by atoms with Crippen LogP contribution in [0.3, 0.4) is 0 Å². The zero-order chi connectivity index (χ0) is 26.9. The Hall–Kier alpha value is -2.18. The summed E-state index contributed by atoms with van der Waals surface area (Å²) in [6, 6.07) is 22.1. The zero-order valence-corrected chi connectivity index (χ0v) is 24.1. The Morgan fingerprint density at radius 3 is 2.21 bits per heavy atom. The van der Waals surface area contributed by atoms with Crippen LogP contribution >= 0.6 is 46.6 Å². The highest BCUT2D eigenvalue weighted by Gasteiger charge is 2.32. The van der Waals surface area contributed by atoms with Crippen molar-refractivity contribution in [2.45, 2.75) is 62.0 Å². The quantitative estimate of drug-likeness (QED) is 0.232. The standard InChI is InChI=1S/C30H31Cl3N2O2S/c31-22-13-15-24(16-14-22)38-18-17-29(36)35(20-25-26(32)11-6-12-27(25)33)28(19-21-7-2-1-3-8-21)30(37)34-23-9-4-5-10-23/h1-3,6-8,11-16,23,28H,4-5,9-10,17-20H2,(H,34,37)/t28-/m0/s1. The molecule has 2 amide bonds. The highest BCUT2D eigenvalue weighted by Crippen LogP contribution is 2.29. The van der Waals surface area contributed by atoms with E-state index < -0.39 is 6.04 Å². The maximum Gasteiger partial charge on any atom is 0.243 e. The molecule has 0 bridgehead atoms. The smallest absolute Gasteiger partial charge is 0.243 e. The van der Waals surface area contributed by atoms with Crippen LogP contribution in [-0.4, -0.2) is 34.6 Å². The molecule has 0 heterocycles. The molecule has 0 aromatic heterocycles. The SMILES string of the molecule is O=C(NC1CCCC1)[C@H](Cc1ccccc1)N(Cc1c(Cl)cccc1Cl)C(=O)CCSc1ccc(Cl)cc1. The van der Waals surface area contributed by atoms with Gasteiger partial charge in [-0.15, -0.1) is 11.8 Å². The third-order valence-corrected chi connectivity index (χ3v) is 8.74. The van der Waals surface area contributed by atoms with Crippen LogP contribution in [0.15, 0.2) is 77.7 Å². The van der Waals surface area contributed by atoms with Crippen LogP contribution in [0.2, 0.25) is 15.1 Å². The second-order valence-corrected chi connectivity index (χ2v) is 11.9. The van der Waals surface area contributed by atoms with E-state index in [9.17, 15) is 9.59 Å². The molecule has 1 atom stereocenters. The average molecular weight is 590 g/mol. The minimum atomic E-state index is -0.696. The molecule has 1 aliphatic rings. The van der Waals surface area contributed by atoms with E-state index in [1.165, 1.54) is 0 Å². The fourth-order valence-corrected chi connectivity index (χ4v) is 6.19. The summed E-state index contributed by atoms with van der Waals surface area (Å²) < 4.78 is 0. The van der Waals surface area contributed by atoms with Crippen molar-refractivity contribution >= 4 is 58.4 Å². The van der Waals surface area contributed by atoms with Crippen molar-refractivity contribution in [3.8, 4) is 0 Å². The molecule has 1 N–H and O–H groups in total. The van der Waals surface area contributed by atoms with Gasteiger partial charge in [-0.2, -0.15) is 0 Å². The highest BCUT2D eigenvalue weighted by atomic mass is 35.5. The summed E-state index contributed by atoms with van der Waals surface area (Å²) >= 11 is 20.6. The predicted octanol–water partition coefficient (Wildman–Crippen LogP) is 7.83. The molecule has 1 saturated carbocycles. The first kappa shape index (κ1) is 28.8. The van der Waals surface area contributed by atoms with Gasteiger partial charge in [0.2, 0.25) is 11.8 Å². The molecule has 0 aliphatic heterocycles. The lowest BCUT2D eigenvalue weighted by Gasteiger charge is -2.33. The number of amides is 2. The van der Waals surface area contributed by atoms with Gasteiger partial charge < -0.3 is 10.2 Å². The van der Waals surface area contributed by atoms with Gasteiger partial charge in [-0.1, -0.05) is 84.0 Å². The van der Waals surface area contributed by atoms with Crippen LogP contribution in [0.4, 0.5) is 0 Å². The summed E-state index contributed by atoms with van der Waals surface area (Å²) in [7, 11) is 0. The maximum atomic E-state index is 13.8. The fourth-order valence-electron chi connectivity index (χ4n) is 4.71. The Morgan fingerprint density at radius 2 is 1.55 bits per heavy atom. The first-order valence-electron chi connectivity index (χ1n) is 12.9. The summed E-state index contributed by atoms with van der Waals surface area (Å²) in [5.41, 5.74) is 1.62. The van der Waals surface area contributed by atoms with Crippen molar-refractivity contribution in [2.24, 2.45) is 0 Å². The summed E-state index contributed by atoms with van der Waals surface area (Å²) in [6.07, 6.45) is 4.80. The van der Waals surface area contributed by atoms with E-state index in [0.29, 0.717) is 32.8 Å². The topological polar surface area (TPSA) is 49.4 Å². The lowest BCUT2D eigenvalue weighted by molar-refractivity contribution is -0.141. The van der Waals surface area contributed by atoms with Gasteiger partial charge in [0.05, 0.1) is 0 Å². The number of carbonyl (C=O) groups is 2. The van der Waals surface area contributed by atoms with Crippen molar-refractivity contribution < 1.29 is 9.59 Å². The lowest BCUT2D eigenvalue weighted by Crippen LogP contribution is -2.52. The molecule has 0 spiro atoms. The van der Waals surface area contributed by atoms with E-state index in [1.807, 2.05) is 54.6 Å². The molecular formula is C30H31Cl3N2O2S. The number of carbonyl (C=O) groups excluding carboxylic acids is 2. The maximum absolute atomic E-state index is 13.8. The van der Waals surface area contributed by atoms with Crippen LogP contribution in [0, 0.1) is 0 Å². The van der Waals surface area contributed by atoms with Gasteiger partial charge in [0.15, 0.2) is 0 Å². The molecule has 3 aromatic rings. The first-order valence-corrected chi connectivity index (χ1v) is 15.0. The normalized spacial score (nSPS) is 14.3. The molecule has 0 unspecified atom stereocenters. The number of nitrogens with zero attached hydrogens (tertiary/aromatic N) is 1. The molecule has 4 nitrogen and oxygen atoms in total. The van der Waals surface area contributed by atoms with Gasteiger partial charge in [-0.25, -0.2) is 0 Å². The van der Waals surface area contributed by atoms with E-state index in [2.05, 4.69) is 5.32 Å². The Morgan fingerprint density at radius 1 is 0.895 bits per heavy atom. The van der Waals surface area contributed by atoms with Gasteiger partial charge >= 0.3 is 0 Å². The van der Waals surface area contributed by atoms with Gasteiger partial charge in [0, 0.05) is 56.7 Å². The second kappa shape index (κ2) is 14.3. The summed E-state index contributed by atoms with van der Waals surface area (Å²) in [5.74, 6) is 0.308. The van der Waals surface area contributed by atoms with Crippen LogP contribution in [0.25, 0.3) is 0 Å². The lowest BCUT2D eigenvalue weighted by atomic mass is 10.0. The fraction of sp³-hybridized carbons (Fsp3) is 0.333.